The topological polar surface area (TPSA) is 20.2 Å². The molecule has 1 unspecified atom stereocenters. The molecule has 0 saturated heterocycles. The van der Waals surface area contributed by atoms with Crippen molar-refractivity contribution < 1.29 is 5.11 Å². The van der Waals surface area contributed by atoms with Gasteiger partial charge in [0.25, 0.3) is 0 Å². The minimum atomic E-state index is -0.476. The third-order valence-electron chi connectivity index (χ3n) is 3.37. The van der Waals surface area contributed by atoms with Gasteiger partial charge in [-0.3, -0.25) is 0 Å². The summed E-state index contributed by atoms with van der Waals surface area (Å²) in [5, 5.41) is 10.9. The second-order valence-electron chi connectivity index (χ2n) is 4.87. The lowest BCUT2D eigenvalue weighted by Gasteiger charge is -2.14. The fraction of sp³-hybridized carbons (Fsp3) is 0.294. The van der Waals surface area contributed by atoms with Crippen LogP contribution in [0.5, 0.6) is 0 Å². The van der Waals surface area contributed by atoms with Crippen LogP contribution in [0.2, 0.25) is 5.02 Å². The number of rotatable bonds is 5. The molecule has 2 rings (SSSR count). The summed E-state index contributed by atoms with van der Waals surface area (Å²) in [6.45, 7) is 1.96. The Labute approximate surface area is 119 Å². The van der Waals surface area contributed by atoms with Gasteiger partial charge < -0.3 is 5.11 Å². The van der Waals surface area contributed by atoms with E-state index in [0.29, 0.717) is 5.02 Å². The van der Waals surface area contributed by atoms with Gasteiger partial charge in [-0.15, -0.1) is 0 Å². The smallest absolute Gasteiger partial charge is 0.0804 e. The van der Waals surface area contributed by atoms with Crippen LogP contribution in [0.25, 0.3) is 0 Å². The molecule has 1 atom stereocenters. The van der Waals surface area contributed by atoms with Gasteiger partial charge in [0, 0.05) is 5.02 Å². The van der Waals surface area contributed by atoms with E-state index in [9.17, 15) is 5.11 Å². The van der Waals surface area contributed by atoms with Crippen molar-refractivity contribution >= 4 is 11.6 Å². The maximum Gasteiger partial charge on any atom is 0.0804 e. The standard InChI is InChI=1S/C17H19ClO/c1-13-7-5-11-15(17(13)18)16(19)12-6-10-14-8-3-2-4-9-14/h2-5,7-9,11,16,19H,6,10,12H2,1H3. The number of benzene rings is 2. The predicted molar refractivity (Wildman–Crippen MR) is 80.5 cm³/mol. The average Bonchev–Trinajstić information content (AvgIpc) is 2.43. The molecular weight excluding hydrogens is 256 g/mol. The first-order valence-electron chi connectivity index (χ1n) is 6.65. The molecule has 2 aromatic carbocycles. The van der Waals surface area contributed by atoms with Crippen LogP contribution in [0, 0.1) is 6.92 Å². The van der Waals surface area contributed by atoms with Crippen LogP contribution in [0.3, 0.4) is 0 Å². The van der Waals surface area contributed by atoms with Gasteiger partial charge in [-0.2, -0.15) is 0 Å². The van der Waals surface area contributed by atoms with E-state index < -0.39 is 6.10 Å². The highest BCUT2D eigenvalue weighted by molar-refractivity contribution is 6.32. The van der Waals surface area contributed by atoms with Gasteiger partial charge >= 0.3 is 0 Å². The van der Waals surface area contributed by atoms with E-state index in [1.54, 1.807) is 0 Å². The molecule has 0 fully saturated rings. The fourth-order valence-electron chi connectivity index (χ4n) is 2.23. The highest BCUT2D eigenvalue weighted by Crippen LogP contribution is 2.28. The molecule has 0 saturated carbocycles. The Kier molecular flexibility index (Phi) is 5.00. The van der Waals surface area contributed by atoms with Crippen molar-refractivity contribution in [2.45, 2.75) is 32.3 Å². The second-order valence-corrected chi connectivity index (χ2v) is 5.25. The average molecular weight is 275 g/mol. The minimum absolute atomic E-state index is 0.476. The number of hydrogen-bond donors (Lipinski definition) is 1. The van der Waals surface area contributed by atoms with Gasteiger partial charge in [-0.25, -0.2) is 0 Å². The van der Waals surface area contributed by atoms with Crippen molar-refractivity contribution in [1.82, 2.24) is 0 Å². The quantitative estimate of drug-likeness (QED) is 0.837. The molecule has 1 nitrogen and oxygen atoms in total. The lowest BCUT2D eigenvalue weighted by atomic mass is 10.00. The summed E-state index contributed by atoms with van der Waals surface area (Å²) < 4.78 is 0. The van der Waals surface area contributed by atoms with Crippen LogP contribution < -0.4 is 0 Å². The van der Waals surface area contributed by atoms with Gasteiger partial charge in [0.2, 0.25) is 0 Å². The number of aliphatic hydroxyl groups excluding tert-OH is 1. The van der Waals surface area contributed by atoms with Crippen LogP contribution in [-0.4, -0.2) is 5.11 Å². The molecular formula is C17H19ClO. The molecule has 0 aliphatic carbocycles. The molecule has 0 aliphatic heterocycles. The van der Waals surface area contributed by atoms with Crippen LogP contribution in [0.15, 0.2) is 48.5 Å². The van der Waals surface area contributed by atoms with Gasteiger partial charge in [0.1, 0.15) is 0 Å². The minimum Gasteiger partial charge on any atom is -0.388 e. The normalized spacial score (nSPS) is 12.4. The molecule has 0 aromatic heterocycles. The summed E-state index contributed by atoms with van der Waals surface area (Å²) in [4.78, 5) is 0. The molecule has 0 radical (unpaired) electrons. The van der Waals surface area contributed by atoms with E-state index in [2.05, 4.69) is 12.1 Å². The van der Waals surface area contributed by atoms with E-state index in [1.807, 2.05) is 43.3 Å². The van der Waals surface area contributed by atoms with E-state index in [-0.39, 0.29) is 0 Å². The van der Waals surface area contributed by atoms with E-state index in [4.69, 9.17) is 11.6 Å². The first-order valence-corrected chi connectivity index (χ1v) is 7.03. The summed E-state index contributed by atoms with van der Waals surface area (Å²) in [5.41, 5.74) is 3.17. The second kappa shape index (κ2) is 6.74. The van der Waals surface area contributed by atoms with Crippen molar-refractivity contribution in [3.63, 3.8) is 0 Å². The largest absolute Gasteiger partial charge is 0.388 e. The molecule has 0 heterocycles. The van der Waals surface area contributed by atoms with Crippen molar-refractivity contribution in [2.75, 3.05) is 0 Å². The van der Waals surface area contributed by atoms with Gasteiger partial charge in [-0.1, -0.05) is 60.1 Å². The zero-order chi connectivity index (χ0) is 13.7. The Morgan fingerprint density at radius 2 is 1.79 bits per heavy atom. The Morgan fingerprint density at radius 1 is 1.05 bits per heavy atom. The number of halogens is 1. The molecule has 0 amide bonds. The molecule has 2 aromatic rings. The number of aryl methyl sites for hydroxylation is 2. The van der Waals surface area contributed by atoms with Gasteiger partial charge in [-0.05, 0) is 42.9 Å². The van der Waals surface area contributed by atoms with Crippen molar-refractivity contribution in [2.24, 2.45) is 0 Å². The van der Waals surface area contributed by atoms with E-state index in [1.165, 1.54) is 5.56 Å². The molecule has 1 N–H and O–H groups in total. The SMILES string of the molecule is Cc1cccc(C(O)CCCc2ccccc2)c1Cl. The van der Waals surface area contributed by atoms with Crippen LogP contribution in [0.1, 0.15) is 35.6 Å². The Balaban J connectivity index is 1.91. The van der Waals surface area contributed by atoms with Crippen LogP contribution in [-0.2, 0) is 6.42 Å². The first-order chi connectivity index (χ1) is 9.18. The Morgan fingerprint density at radius 3 is 2.53 bits per heavy atom. The van der Waals surface area contributed by atoms with Gasteiger partial charge in [0.05, 0.1) is 6.10 Å². The number of aliphatic hydroxyl groups is 1. The molecule has 0 bridgehead atoms. The van der Waals surface area contributed by atoms with E-state index in [0.717, 1.165) is 30.4 Å². The summed E-state index contributed by atoms with van der Waals surface area (Å²) >= 11 is 6.22. The van der Waals surface area contributed by atoms with Crippen molar-refractivity contribution in [1.29, 1.82) is 0 Å². The summed E-state index contributed by atoms with van der Waals surface area (Å²) in [5.74, 6) is 0. The highest BCUT2D eigenvalue weighted by atomic mass is 35.5. The maximum atomic E-state index is 10.2. The Bertz CT molecular complexity index is 522. The third-order valence-corrected chi connectivity index (χ3v) is 3.88. The van der Waals surface area contributed by atoms with Crippen molar-refractivity contribution in [3.05, 3.63) is 70.2 Å². The van der Waals surface area contributed by atoms with Crippen LogP contribution >= 0.6 is 11.6 Å². The monoisotopic (exact) mass is 274 g/mol. The first kappa shape index (κ1) is 14.1. The summed E-state index contributed by atoms with van der Waals surface area (Å²) in [6, 6.07) is 16.2. The predicted octanol–water partition coefficient (Wildman–Crippen LogP) is 4.70. The molecule has 2 heteroatoms. The number of hydrogen-bond acceptors (Lipinski definition) is 1. The molecule has 19 heavy (non-hydrogen) atoms. The van der Waals surface area contributed by atoms with E-state index >= 15 is 0 Å². The molecule has 0 aliphatic rings. The summed E-state index contributed by atoms with van der Waals surface area (Å²) in [7, 11) is 0. The lowest BCUT2D eigenvalue weighted by Crippen LogP contribution is -2.00. The zero-order valence-electron chi connectivity index (χ0n) is 11.1. The Hall–Kier alpha value is -1.31. The molecule has 0 spiro atoms. The van der Waals surface area contributed by atoms with Crippen LogP contribution in [0.4, 0.5) is 0 Å². The van der Waals surface area contributed by atoms with Crippen molar-refractivity contribution in [3.8, 4) is 0 Å². The maximum absolute atomic E-state index is 10.2. The fourth-order valence-corrected chi connectivity index (χ4v) is 2.48. The lowest BCUT2D eigenvalue weighted by molar-refractivity contribution is 0.165. The summed E-state index contributed by atoms with van der Waals surface area (Å²) in [6.07, 6.45) is 2.20. The molecule has 100 valence electrons. The zero-order valence-corrected chi connectivity index (χ0v) is 11.9. The van der Waals surface area contributed by atoms with Gasteiger partial charge in [0.15, 0.2) is 0 Å². The third kappa shape index (κ3) is 3.82. The highest BCUT2D eigenvalue weighted by Gasteiger charge is 2.12.